The van der Waals surface area contributed by atoms with Crippen LogP contribution in [0.4, 0.5) is 5.69 Å². The molecule has 1 saturated heterocycles. The van der Waals surface area contributed by atoms with E-state index in [-0.39, 0.29) is 13.2 Å². The van der Waals surface area contributed by atoms with Crippen molar-refractivity contribution in [2.45, 2.75) is 0 Å². The van der Waals surface area contributed by atoms with Gasteiger partial charge in [-0.25, -0.2) is 0 Å². The highest BCUT2D eigenvalue weighted by Crippen LogP contribution is 2.32. The summed E-state index contributed by atoms with van der Waals surface area (Å²) in [6.07, 6.45) is 0. The Kier molecular flexibility index (Phi) is 3.71. The minimum absolute atomic E-state index is 0.0284. The third kappa shape index (κ3) is 2.26. The molecule has 1 aliphatic rings. The van der Waals surface area contributed by atoms with Gasteiger partial charge in [-0.1, -0.05) is 12.1 Å². The Hall–Kier alpha value is -2.08. The van der Waals surface area contributed by atoms with E-state index in [1.165, 1.54) is 14.2 Å². The van der Waals surface area contributed by atoms with Crippen molar-refractivity contribution in [2.24, 2.45) is 5.41 Å². The normalized spacial score (nSPS) is 16.1. The van der Waals surface area contributed by atoms with Gasteiger partial charge >= 0.3 is 5.97 Å². The second kappa shape index (κ2) is 5.27. The molecule has 19 heavy (non-hydrogen) atoms. The molecule has 0 saturated carbocycles. The summed E-state index contributed by atoms with van der Waals surface area (Å²) in [6.45, 7) is 0.0569. The number of methoxy groups -OCH3 is 2. The van der Waals surface area contributed by atoms with Crippen LogP contribution < -0.4 is 10.1 Å². The van der Waals surface area contributed by atoms with Gasteiger partial charge in [0.05, 0.1) is 33.1 Å². The van der Waals surface area contributed by atoms with Crippen LogP contribution in [0.5, 0.6) is 5.75 Å². The monoisotopic (exact) mass is 265 g/mol. The predicted octanol–water partition coefficient (Wildman–Crippen LogP) is 0.823. The standard InChI is InChI=1S/C13H15NO5/c1-17-10-6-4-3-5-9(10)14-11(15)13(7-19-8-13)12(16)18-2/h3-6H,7-8H2,1-2H3,(H,14,15). The summed E-state index contributed by atoms with van der Waals surface area (Å²) in [6, 6.07) is 6.97. The van der Waals surface area contributed by atoms with Crippen molar-refractivity contribution in [2.75, 3.05) is 32.8 Å². The zero-order valence-corrected chi connectivity index (χ0v) is 10.8. The van der Waals surface area contributed by atoms with Crippen molar-refractivity contribution in [3.63, 3.8) is 0 Å². The molecule has 0 radical (unpaired) electrons. The van der Waals surface area contributed by atoms with Gasteiger partial charge in [0.1, 0.15) is 5.75 Å². The molecule has 0 spiro atoms. The zero-order valence-electron chi connectivity index (χ0n) is 10.8. The van der Waals surface area contributed by atoms with Crippen molar-refractivity contribution < 1.29 is 23.8 Å². The number of rotatable bonds is 4. The van der Waals surface area contributed by atoms with E-state index in [0.717, 1.165) is 0 Å². The molecule has 2 rings (SSSR count). The van der Waals surface area contributed by atoms with Crippen LogP contribution in [0.25, 0.3) is 0 Å². The Balaban J connectivity index is 2.18. The number of nitrogens with one attached hydrogen (secondary N) is 1. The van der Waals surface area contributed by atoms with E-state index in [1.807, 2.05) is 0 Å². The average Bonchev–Trinajstić information content (AvgIpc) is 2.37. The number of carbonyl (C=O) groups excluding carboxylic acids is 2. The average molecular weight is 265 g/mol. The Morgan fingerprint density at radius 3 is 2.47 bits per heavy atom. The Labute approximate surface area is 110 Å². The van der Waals surface area contributed by atoms with E-state index in [9.17, 15) is 9.59 Å². The number of benzene rings is 1. The van der Waals surface area contributed by atoms with Gasteiger partial charge in [-0.15, -0.1) is 0 Å². The number of esters is 1. The summed E-state index contributed by atoms with van der Waals surface area (Å²) in [4.78, 5) is 23.9. The number of ether oxygens (including phenoxy) is 3. The Bertz CT molecular complexity index is 496. The SMILES string of the molecule is COC(=O)C1(C(=O)Nc2ccccc2OC)COC1. The van der Waals surface area contributed by atoms with Crippen LogP contribution in [0.3, 0.4) is 0 Å². The maximum atomic E-state index is 12.2. The van der Waals surface area contributed by atoms with Crippen LogP contribution in [0.1, 0.15) is 0 Å². The van der Waals surface area contributed by atoms with Crippen molar-refractivity contribution in [1.29, 1.82) is 0 Å². The summed E-state index contributed by atoms with van der Waals surface area (Å²) in [5.74, 6) is -0.516. The first kappa shape index (κ1) is 13.4. The first-order valence-electron chi connectivity index (χ1n) is 5.74. The molecule has 6 heteroatoms. The maximum Gasteiger partial charge on any atom is 0.326 e. The molecule has 0 aliphatic carbocycles. The fourth-order valence-corrected chi connectivity index (χ4v) is 1.83. The molecule has 1 amide bonds. The number of hydrogen-bond donors (Lipinski definition) is 1. The summed E-state index contributed by atoms with van der Waals surface area (Å²) in [5.41, 5.74) is -0.750. The summed E-state index contributed by atoms with van der Waals surface area (Å²) >= 11 is 0. The second-order valence-corrected chi connectivity index (χ2v) is 4.22. The Morgan fingerprint density at radius 1 is 1.26 bits per heavy atom. The number of anilines is 1. The van der Waals surface area contributed by atoms with Crippen LogP contribution in [0.2, 0.25) is 0 Å². The van der Waals surface area contributed by atoms with E-state index >= 15 is 0 Å². The molecule has 1 aliphatic heterocycles. The molecule has 102 valence electrons. The molecule has 1 heterocycles. The van der Waals surface area contributed by atoms with E-state index in [0.29, 0.717) is 11.4 Å². The van der Waals surface area contributed by atoms with E-state index in [4.69, 9.17) is 9.47 Å². The van der Waals surface area contributed by atoms with Gasteiger partial charge in [0.2, 0.25) is 5.91 Å². The van der Waals surface area contributed by atoms with Crippen LogP contribution in [-0.2, 0) is 19.1 Å². The van der Waals surface area contributed by atoms with Crippen LogP contribution in [0, 0.1) is 5.41 Å². The molecular weight excluding hydrogens is 250 g/mol. The smallest absolute Gasteiger partial charge is 0.326 e. The van der Waals surface area contributed by atoms with Gasteiger partial charge in [0.25, 0.3) is 0 Å². The molecule has 1 N–H and O–H groups in total. The van der Waals surface area contributed by atoms with Crippen molar-refractivity contribution in [3.8, 4) is 5.75 Å². The van der Waals surface area contributed by atoms with Crippen molar-refractivity contribution in [1.82, 2.24) is 0 Å². The van der Waals surface area contributed by atoms with Crippen LogP contribution >= 0.6 is 0 Å². The minimum Gasteiger partial charge on any atom is -0.495 e. The van der Waals surface area contributed by atoms with Crippen LogP contribution in [0.15, 0.2) is 24.3 Å². The number of amides is 1. The number of hydrogen-bond acceptors (Lipinski definition) is 5. The van der Waals surface area contributed by atoms with E-state index in [1.54, 1.807) is 24.3 Å². The lowest BCUT2D eigenvalue weighted by atomic mass is 9.85. The molecule has 1 fully saturated rings. The molecule has 0 bridgehead atoms. The first-order valence-corrected chi connectivity index (χ1v) is 5.74. The summed E-state index contributed by atoms with van der Waals surface area (Å²) < 4.78 is 14.8. The van der Waals surface area contributed by atoms with Gasteiger partial charge in [0.15, 0.2) is 5.41 Å². The van der Waals surface area contributed by atoms with Crippen molar-refractivity contribution >= 4 is 17.6 Å². The quantitative estimate of drug-likeness (QED) is 0.644. The molecule has 1 aromatic rings. The predicted molar refractivity (Wildman–Crippen MR) is 66.9 cm³/mol. The maximum absolute atomic E-state index is 12.2. The summed E-state index contributed by atoms with van der Waals surface area (Å²) in [7, 11) is 2.76. The third-order valence-corrected chi connectivity index (χ3v) is 3.06. The van der Waals surface area contributed by atoms with Gasteiger partial charge in [-0.3, -0.25) is 9.59 Å². The van der Waals surface area contributed by atoms with Gasteiger partial charge in [-0.2, -0.15) is 0 Å². The molecular formula is C13H15NO5. The highest BCUT2D eigenvalue weighted by Gasteiger charge is 2.54. The lowest BCUT2D eigenvalue weighted by Gasteiger charge is -2.36. The fraction of sp³-hybridized carbons (Fsp3) is 0.385. The second-order valence-electron chi connectivity index (χ2n) is 4.22. The number of para-hydroxylation sites is 2. The minimum atomic E-state index is -1.25. The van der Waals surface area contributed by atoms with Gasteiger partial charge in [-0.05, 0) is 12.1 Å². The lowest BCUT2D eigenvalue weighted by Crippen LogP contribution is -2.57. The lowest BCUT2D eigenvalue weighted by molar-refractivity contribution is -0.185. The molecule has 6 nitrogen and oxygen atoms in total. The summed E-state index contributed by atoms with van der Waals surface area (Å²) in [5, 5.41) is 2.67. The fourth-order valence-electron chi connectivity index (χ4n) is 1.83. The highest BCUT2D eigenvalue weighted by molar-refractivity contribution is 6.10. The van der Waals surface area contributed by atoms with Gasteiger partial charge < -0.3 is 19.5 Å². The van der Waals surface area contributed by atoms with Crippen molar-refractivity contribution in [3.05, 3.63) is 24.3 Å². The van der Waals surface area contributed by atoms with Gasteiger partial charge in [0, 0.05) is 0 Å². The molecule has 1 aromatic carbocycles. The molecule has 0 unspecified atom stereocenters. The number of carbonyl (C=O) groups is 2. The zero-order chi connectivity index (χ0) is 13.9. The topological polar surface area (TPSA) is 73.9 Å². The first-order chi connectivity index (χ1) is 9.14. The molecule has 0 atom stereocenters. The molecule has 0 aromatic heterocycles. The highest BCUT2D eigenvalue weighted by atomic mass is 16.5. The van der Waals surface area contributed by atoms with E-state index in [2.05, 4.69) is 10.1 Å². The third-order valence-electron chi connectivity index (χ3n) is 3.06. The van der Waals surface area contributed by atoms with Crippen LogP contribution in [-0.4, -0.2) is 39.3 Å². The van der Waals surface area contributed by atoms with E-state index < -0.39 is 17.3 Å². The Morgan fingerprint density at radius 2 is 1.95 bits per heavy atom. The largest absolute Gasteiger partial charge is 0.495 e.